The van der Waals surface area contributed by atoms with Crippen LogP contribution in [-0.2, 0) is 6.42 Å². The number of benzene rings is 1. The minimum atomic E-state index is 0.681. The van der Waals surface area contributed by atoms with E-state index in [1.54, 1.807) is 0 Å². The summed E-state index contributed by atoms with van der Waals surface area (Å²) in [4.78, 5) is 11.7. The molecule has 3 rings (SSSR count). The standard InChI is InChI=1S/C13H14N4O/c14-5-1-2-13-15-7-11(17-13)9-3-4-10-12(6-9)18-8-16-10/h3-4,6-8H,1-2,5,14H2,(H,15,17). The van der Waals surface area contributed by atoms with Gasteiger partial charge < -0.3 is 15.1 Å². The number of oxazole rings is 1. The van der Waals surface area contributed by atoms with Gasteiger partial charge in [-0.2, -0.15) is 0 Å². The Kier molecular flexibility index (Phi) is 2.82. The normalized spacial score (nSPS) is 11.2. The molecule has 5 nitrogen and oxygen atoms in total. The van der Waals surface area contributed by atoms with E-state index in [0.717, 1.165) is 41.0 Å². The molecule has 0 aliphatic rings. The molecule has 3 aromatic rings. The summed E-state index contributed by atoms with van der Waals surface area (Å²) in [6, 6.07) is 5.90. The maximum absolute atomic E-state index is 5.48. The summed E-state index contributed by atoms with van der Waals surface area (Å²) >= 11 is 0. The average molecular weight is 242 g/mol. The second-order valence-electron chi connectivity index (χ2n) is 4.17. The van der Waals surface area contributed by atoms with Crippen molar-refractivity contribution in [2.24, 2.45) is 5.73 Å². The highest BCUT2D eigenvalue weighted by molar-refractivity contribution is 5.78. The van der Waals surface area contributed by atoms with Gasteiger partial charge in [-0.3, -0.25) is 0 Å². The first-order chi connectivity index (χ1) is 8.86. The molecule has 2 heterocycles. The van der Waals surface area contributed by atoms with Crippen molar-refractivity contribution >= 4 is 11.1 Å². The quantitative estimate of drug-likeness (QED) is 0.734. The number of aromatic nitrogens is 3. The maximum atomic E-state index is 5.48. The molecule has 0 spiro atoms. The van der Waals surface area contributed by atoms with E-state index < -0.39 is 0 Å². The number of hydrogen-bond donors (Lipinski definition) is 2. The Bertz CT molecular complexity index is 656. The van der Waals surface area contributed by atoms with E-state index in [1.165, 1.54) is 6.39 Å². The van der Waals surface area contributed by atoms with Crippen molar-refractivity contribution in [3.8, 4) is 11.3 Å². The van der Waals surface area contributed by atoms with Crippen LogP contribution in [0.2, 0.25) is 0 Å². The molecule has 0 aliphatic heterocycles. The minimum absolute atomic E-state index is 0.681. The Labute approximate surface area is 104 Å². The second-order valence-corrected chi connectivity index (χ2v) is 4.17. The summed E-state index contributed by atoms with van der Waals surface area (Å²) in [7, 11) is 0. The topological polar surface area (TPSA) is 80.7 Å². The van der Waals surface area contributed by atoms with Crippen LogP contribution in [0.15, 0.2) is 35.2 Å². The summed E-state index contributed by atoms with van der Waals surface area (Å²) in [6.07, 6.45) is 5.10. The smallest absolute Gasteiger partial charge is 0.181 e. The first-order valence-corrected chi connectivity index (χ1v) is 5.94. The fourth-order valence-electron chi connectivity index (χ4n) is 1.93. The Hall–Kier alpha value is -2.14. The fraction of sp³-hybridized carbons (Fsp3) is 0.231. The largest absolute Gasteiger partial charge is 0.443 e. The molecule has 92 valence electrons. The first-order valence-electron chi connectivity index (χ1n) is 5.94. The summed E-state index contributed by atoms with van der Waals surface area (Å²) in [5.41, 5.74) is 9.16. The van der Waals surface area contributed by atoms with Crippen molar-refractivity contribution in [2.45, 2.75) is 12.8 Å². The molecule has 5 heteroatoms. The van der Waals surface area contributed by atoms with Crippen LogP contribution >= 0.6 is 0 Å². The van der Waals surface area contributed by atoms with Crippen molar-refractivity contribution in [3.05, 3.63) is 36.6 Å². The minimum Gasteiger partial charge on any atom is -0.443 e. The lowest BCUT2D eigenvalue weighted by Gasteiger charge is -1.97. The molecule has 0 saturated heterocycles. The van der Waals surface area contributed by atoms with E-state index in [2.05, 4.69) is 15.0 Å². The van der Waals surface area contributed by atoms with E-state index in [4.69, 9.17) is 10.2 Å². The van der Waals surface area contributed by atoms with Crippen LogP contribution < -0.4 is 5.73 Å². The molecule has 0 bridgehead atoms. The molecule has 0 radical (unpaired) electrons. The predicted molar refractivity (Wildman–Crippen MR) is 69.0 cm³/mol. The molecule has 1 aromatic carbocycles. The number of aromatic amines is 1. The number of nitrogens with zero attached hydrogens (tertiary/aromatic N) is 2. The van der Waals surface area contributed by atoms with Crippen LogP contribution in [0.4, 0.5) is 0 Å². The zero-order chi connectivity index (χ0) is 12.4. The SMILES string of the molecule is NCCCc1ncc(-c2ccc3ncoc3c2)[nH]1. The Balaban J connectivity index is 1.90. The third-order valence-corrected chi connectivity index (χ3v) is 2.89. The molecule has 0 aliphatic carbocycles. The average Bonchev–Trinajstić information content (AvgIpc) is 3.04. The molecule has 0 saturated carbocycles. The van der Waals surface area contributed by atoms with Gasteiger partial charge in [-0.1, -0.05) is 6.07 Å². The van der Waals surface area contributed by atoms with Crippen molar-refractivity contribution in [1.82, 2.24) is 15.0 Å². The van der Waals surface area contributed by atoms with E-state index in [0.29, 0.717) is 6.54 Å². The van der Waals surface area contributed by atoms with Gasteiger partial charge in [0.2, 0.25) is 0 Å². The molecular formula is C13H14N4O. The fourth-order valence-corrected chi connectivity index (χ4v) is 1.93. The molecular weight excluding hydrogens is 228 g/mol. The summed E-state index contributed by atoms with van der Waals surface area (Å²) in [5, 5.41) is 0. The number of aryl methyl sites for hydroxylation is 1. The van der Waals surface area contributed by atoms with Gasteiger partial charge in [0, 0.05) is 12.0 Å². The van der Waals surface area contributed by atoms with Gasteiger partial charge >= 0.3 is 0 Å². The monoisotopic (exact) mass is 242 g/mol. The molecule has 2 aromatic heterocycles. The Morgan fingerprint density at radius 2 is 2.22 bits per heavy atom. The lowest BCUT2D eigenvalue weighted by atomic mass is 10.1. The van der Waals surface area contributed by atoms with Crippen LogP contribution in [0.5, 0.6) is 0 Å². The van der Waals surface area contributed by atoms with Crippen LogP contribution in [-0.4, -0.2) is 21.5 Å². The number of nitrogens with two attached hydrogens (primary N) is 1. The number of fused-ring (bicyclic) bond motifs is 1. The van der Waals surface area contributed by atoms with E-state index >= 15 is 0 Å². The predicted octanol–water partition coefficient (Wildman–Crippen LogP) is 2.11. The Morgan fingerprint density at radius 1 is 1.28 bits per heavy atom. The van der Waals surface area contributed by atoms with Gasteiger partial charge in [-0.05, 0) is 25.1 Å². The zero-order valence-electron chi connectivity index (χ0n) is 9.89. The van der Waals surface area contributed by atoms with Crippen LogP contribution in [0.1, 0.15) is 12.2 Å². The van der Waals surface area contributed by atoms with Gasteiger partial charge in [0.1, 0.15) is 11.3 Å². The third-order valence-electron chi connectivity index (χ3n) is 2.89. The Morgan fingerprint density at radius 3 is 3.11 bits per heavy atom. The molecule has 0 amide bonds. The maximum Gasteiger partial charge on any atom is 0.181 e. The molecule has 0 fully saturated rings. The summed E-state index contributed by atoms with van der Waals surface area (Å²) in [6.45, 7) is 0.681. The van der Waals surface area contributed by atoms with Gasteiger partial charge in [0.25, 0.3) is 0 Å². The second kappa shape index (κ2) is 4.62. The van der Waals surface area contributed by atoms with E-state index in [9.17, 15) is 0 Å². The van der Waals surface area contributed by atoms with Gasteiger partial charge in [-0.15, -0.1) is 0 Å². The lowest BCUT2D eigenvalue weighted by Crippen LogP contribution is -2.01. The van der Waals surface area contributed by atoms with Crippen molar-refractivity contribution in [3.63, 3.8) is 0 Å². The van der Waals surface area contributed by atoms with E-state index in [1.807, 2.05) is 24.4 Å². The van der Waals surface area contributed by atoms with Crippen molar-refractivity contribution in [1.29, 1.82) is 0 Å². The zero-order valence-corrected chi connectivity index (χ0v) is 9.89. The summed E-state index contributed by atoms with van der Waals surface area (Å²) in [5.74, 6) is 0.966. The molecule has 18 heavy (non-hydrogen) atoms. The van der Waals surface area contributed by atoms with Gasteiger partial charge in [0.15, 0.2) is 12.0 Å². The molecule has 0 unspecified atom stereocenters. The van der Waals surface area contributed by atoms with Crippen molar-refractivity contribution < 1.29 is 4.42 Å². The third kappa shape index (κ3) is 2.00. The lowest BCUT2D eigenvalue weighted by molar-refractivity contribution is 0.602. The molecule has 0 atom stereocenters. The summed E-state index contributed by atoms with van der Waals surface area (Å²) < 4.78 is 5.29. The van der Waals surface area contributed by atoms with Crippen LogP contribution in [0.25, 0.3) is 22.4 Å². The van der Waals surface area contributed by atoms with Crippen LogP contribution in [0, 0.1) is 0 Å². The number of nitrogens with one attached hydrogen (secondary N) is 1. The van der Waals surface area contributed by atoms with Crippen molar-refractivity contribution in [2.75, 3.05) is 6.54 Å². The number of rotatable bonds is 4. The highest BCUT2D eigenvalue weighted by Gasteiger charge is 2.05. The van der Waals surface area contributed by atoms with Gasteiger partial charge in [0.05, 0.1) is 11.9 Å². The highest BCUT2D eigenvalue weighted by Crippen LogP contribution is 2.22. The number of H-pyrrole nitrogens is 1. The first kappa shape index (κ1) is 11.0. The number of hydrogen-bond acceptors (Lipinski definition) is 4. The number of imidazole rings is 1. The van der Waals surface area contributed by atoms with Gasteiger partial charge in [-0.25, -0.2) is 9.97 Å². The van der Waals surface area contributed by atoms with E-state index in [-0.39, 0.29) is 0 Å². The molecule has 3 N–H and O–H groups in total. The van der Waals surface area contributed by atoms with Crippen LogP contribution in [0.3, 0.4) is 0 Å². The highest BCUT2D eigenvalue weighted by atomic mass is 16.3.